The fourth-order valence-electron chi connectivity index (χ4n) is 2.89. The first-order chi connectivity index (χ1) is 10.0. The largest absolute Gasteiger partial charge is 0.349 e. The van der Waals surface area contributed by atoms with Crippen LogP contribution in [0.1, 0.15) is 37.0 Å². The molecule has 1 amide bonds. The molecule has 1 heterocycles. The van der Waals surface area contributed by atoms with E-state index in [9.17, 15) is 4.79 Å². The molecular weight excluding hydrogens is 284 g/mol. The minimum absolute atomic E-state index is 0.0493. The zero-order chi connectivity index (χ0) is 15.0. The maximum atomic E-state index is 12.5. The number of hydrogen-bond donors (Lipinski definition) is 1. The highest BCUT2D eigenvalue weighted by atomic mass is 35.5. The highest BCUT2D eigenvalue weighted by molar-refractivity contribution is 6.32. The molecular formula is C17H19ClN2O. The van der Waals surface area contributed by atoms with Crippen LogP contribution in [-0.2, 0) is 0 Å². The number of halogens is 1. The van der Waals surface area contributed by atoms with Crippen LogP contribution in [0.3, 0.4) is 0 Å². The van der Waals surface area contributed by atoms with Crippen LogP contribution in [0.2, 0.25) is 5.02 Å². The van der Waals surface area contributed by atoms with Crippen molar-refractivity contribution in [2.24, 2.45) is 11.8 Å². The molecule has 0 bridgehead atoms. The number of nitrogens with one attached hydrogen (secondary N) is 1. The molecule has 0 radical (unpaired) electrons. The van der Waals surface area contributed by atoms with E-state index >= 15 is 0 Å². The zero-order valence-corrected chi connectivity index (χ0v) is 13.0. The molecule has 1 saturated carbocycles. The quantitative estimate of drug-likeness (QED) is 0.925. The second-order valence-electron chi connectivity index (χ2n) is 6.26. The van der Waals surface area contributed by atoms with Crippen LogP contribution >= 0.6 is 11.6 Å². The first-order valence-electron chi connectivity index (χ1n) is 7.38. The van der Waals surface area contributed by atoms with Crippen molar-refractivity contribution >= 4 is 28.3 Å². The lowest BCUT2D eigenvalue weighted by Gasteiger charge is -2.09. The number of carbonyl (C=O) groups excluding carboxylic acids is 1. The first-order valence-corrected chi connectivity index (χ1v) is 7.76. The van der Waals surface area contributed by atoms with Gasteiger partial charge in [-0.15, -0.1) is 0 Å². The Bertz CT molecular complexity index is 684. The summed E-state index contributed by atoms with van der Waals surface area (Å²) in [6.07, 6.45) is 5.68. The fourth-order valence-corrected chi connectivity index (χ4v) is 3.11. The van der Waals surface area contributed by atoms with Gasteiger partial charge in [-0.3, -0.25) is 9.78 Å². The molecule has 1 N–H and O–H groups in total. The third-order valence-electron chi connectivity index (χ3n) is 3.98. The second-order valence-corrected chi connectivity index (χ2v) is 6.69. The number of fused-ring (bicyclic) bond motifs is 1. The van der Waals surface area contributed by atoms with E-state index in [0.717, 1.165) is 17.2 Å². The van der Waals surface area contributed by atoms with Crippen LogP contribution < -0.4 is 5.32 Å². The molecule has 1 aliphatic rings. The van der Waals surface area contributed by atoms with Gasteiger partial charge in [0.25, 0.3) is 5.91 Å². The number of carbonyl (C=O) groups is 1. The Kier molecular flexibility index (Phi) is 3.85. The third kappa shape index (κ3) is 3.18. The Morgan fingerprint density at radius 2 is 2.29 bits per heavy atom. The number of rotatable bonds is 4. The summed E-state index contributed by atoms with van der Waals surface area (Å²) in [4.78, 5) is 16.6. The summed E-state index contributed by atoms with van der Waals surface area (Å²) < 4.78 is 0. The molecule has 0 aliphatic heterocycles. The number of nitrogens with zero attached hydrogens (tertiary/aromatic N) is 1. The molecule has 4 heteroatoms. The van der Waals surface area contributed by atoms with E-state index in [0.29, 0.717) is 28.5 Å². The average molecular weight is 303 g/mol. The van der Waals surface area contributed by atoms with Crippen LogP contribution in [0.4, 0.5) is 0 Å². The van der Waals surface area contributed by atoms with Gasteiger partial charge in [0.2, 0.25) is 0 Å². The lowest BCUT2D eigenvalue weighted by atomic mass is 10.1. The molecule has 0 unspecified atom stereocenters. The third-order valence-corrected chi connectivity index (χ3v) is 4.20. The van der Waals surface area contributed by atoms with Gasteiger partial charge in [-0.25, -0.2) is 0 Å². The van der Waals surface area contributed by atoms with E-state index in [1.54, 1.807) is 18.5 Å². The minimum atomic E-state index is -0.0493. The Balaban J connectivity index is 1.79. The lowest BCUT2D eigenvalue weighted by molar-refractivity contribution is 0.0950. The van der Waals surface area contributed by atoms with E-state index in [2.05, 4.69) is 24.1 Å². The smallest absolute Gasteiger partial charge is 0.252 e. The number of benzene rings is 1. The van der Waals surface area contributed by atoms with Gasteiger partial charge in [-0.2, -0.15) is 0 Å². The molecule has 1 fully saturated rings. The summed E-state index contributed by atoms with van der Waals surface area (Å²) in [5.41, 5.74) is 0.612. The first kappa shape index (κ1) is 14.3. The van der Waals surface area contributed by atoms with Gasteiger partial charge in [-0.1, -0.05) is 25.4 Å². The van der Waals surface area contributed by atoms with Gasteiger partial charge in [-0.05, 0) is 48.3 Å². The Morgan fingerprint density at radius 3 is 3.05 bits per heavy atom. The van der Waals surface area contributed by atoms with Gasteiger partial charge in [0.05, 0.1) is 5.56 Å². The normalized spacial score (nSPS) is 20.8. The monoisotopic (exact) mass is 302 g/mol. The van der Waals surface area contributed by atoms with Crippen LogP contribution in [0, 0.1) is 11.8 Å². The number of aromatic nitrogens is 1. The Hall–Kier alpha value is -1.61. The van der Waals surface area contributed by atoms with Crippen molar-refractivity contribution in [3.63, 3.8) is 0 Å². The highest BCUT2D eigenvalue weighted by Crippen LogP contribution is 2.36. The van der Waals surface area contributed by atoms with Crippen molar-refractivity contribution in [1.29, 1.82) is 0 Å². The van der Waals surface area contributed by atoms with Crippen molar-refractivity contribution in [3.05, 3.63) is 41.2 Å². The van der Waals surface area contributed by atoms with E-state index in [1.807, 2.05) is 12.1 Å². The van der Waals surface area contributed by atoms with Crippen molar-refractivity contribution in [1.82, 2.24) is 10.3 Å². The van der Waals surface area contributed by atoms with E-state index < -0.39 is 0 Å². The predicted octanol–water partition coefficient (Wildman–Crippen LogP) is 4.05. The topological polar surface area (TPSA) is 42.0 Å². The van der Waals surface area contributed by atoms with Gasteiger partial charge in [0.15, 0.2) is 0 Å². The van der Waals surface area contributed by atoms with Crippen LogP contribution in [-0.4, -0.2) is 16.9 Å². The van der Waals surface area contributed by atoms with Crippen LogP contribution in [0.15, 0.2) is 30.6 Å². The number of amides is 1. The summed E-state index contributed by atoms with van der Waals surface area (Å²) in [5, 5.41) is 5.49. The van der Waals surface area contributed by atoms with E-state index in [4.69, 9.17) is 11.6 Å². The molecule has 110 valence electrons. The van der Waals surface area contributed by atoms with Gasteiger partial charge < -0.3 is 5.32 Å². The van der Waals surface area contributed by atoms with Crippen molar-refractivity contribution in [2.75, 3.05) is 0 Å². The van der Waals surface area contributed by atoms with E-state index in [1.165, 1.54) is 6.42 Å². The van der Waals surface area contributed by atoms with Crippen molar-refractivity contribution in [3.8, 4) is 0 Å². The maximum absolute atomic E-state index is 12.5. The minimum Gasteiger partial charge on any atom is -0.349 e. The van der Waals surface area contributed by atoms with Crippen LogP contribution in [0.5, 0.6) is 0 Å². The van der Waals surface area contributed by atoms with Gasteiger partial charge >= 0.3 is 0 Å². The molecule has 0 saturated heterocycles. The predicted molar refractivity (Wildman–Crippen MR) is 85.6 cm³/mol. The maximum Gasteiger partial charge on any atom is 0.252 e. The second kappa shape index (κ2) is 5.64. The summed E-state index contributed by atoms with van der Waals surface area (Å²) >= 11 is 6.12. The molecule has 1 aliphatic carbocycles. The average Bonchev–Trinajstić information content (AvgIpc) is 3.14. The van der Waals surface area contributed by atoms with E-state index in [-0.39, 0.29) is 5.91 Å². The molecule has 0 spiro atoms. The highest BCUT2D eigenvalue weighted by Gasteiger charge is 2.38. The van der Waals surface area contributed by atoms with Crippen molar-refractivity contribution < 1.29 is 4.79 Å². The summed E-state index contributed by atoms with van der Waals surface area (Å²) in [6, 6.07) is 5.76. The number of pyridine rings is 1. The molecule has 1 aromatic carbocycles. The molecule has 3 rings (SSSR count). The van der Waals surface area contributed by atoms with Gasteiger partial charge in [0.1, 0.15) is 0 Å². The molecule has 2 atom stereocenters. The summed E-state index contributed by atoms with van der Waals surface area (Å²) in [7, 11) is 0. The summed E-state index contributed by atoms with van der Waals surface area (Å²) in [6.45, 7) is 4.43. The summed E-state index contributed by atoms with van der Waals surface area (Å²) in [5.74, 6) is 1.25. The molecule has 1 aromatic heterocycles. The zero-order valence-electron chi connectivity index (χ0n) is 12.3. The standard InChI is InChI=1S/C17H19ClN2O/c1-10(2)5-12-7-16(12)20-17(21)14-8-13(18)6-11-3-4-19-9-15(11)14/h3-4,6,8-10,12,16H,5,7H2,1-2H3,(H,20,21)/t12-,16-/m1/s1. The number of hydrogen-bond acceptors (Lipinski definition) is 2. The Labute approximate surface area is 129 Å². The fraction of sp³-hybridized carbons (Fsp3) is 0.412. The van der Waals surface area contributed by atoms with Crippen molar-refractivity contribution in [2.45, 2.75) is 32.7 Å². The lowest BCUT2D eigenvalue weighted by Crippen LogP contribution is -2.27. The molecule has 21 heavy (non-hydrogen) atoms. The Morgan fingerprint density at radius 1 is 1.48 bits per heavy atom. The van der Waals surface area contributed by atoms with Crippen LogP contribution in [0.25, 0.3) is 10.8 Å². The molecule has 2 aromatic rings. The van der Waals surface area contributed by atoms with Gasteiger partial charge in [0, 0.05) is 28.8 Å². The SMILES string of the molecule is CC(C)C[C@@H]1C[C@H]1NC(=O)c1cc(Cl)cc2ccncc12. The molecule has 3 nitrogen and oxygen atoms in total.